The molecule has 5 heteroatoms. The van der Waals surface area contributed by atoms with Gasteiger partial charge in [0.1, 0.15) is 5.82 Å². The van der Waals surface area contributed by atoms with E-state index in [1.165, 1.54) is 4.68 Å². The van der Waals surface area contributed by atoms with Crippen LogP contribution in [0.25, 0.3) is 5.82 Å². The van der Waals surface area contributed by atoms with E-state index in [1.54, 1.807) is 6.07 Å². The number of aromatic amines is 1. The highest BCUT2D eigenvalue weighted by Crippen LogP contribution is 2.07. The Morgan fingerprint density at radius 3 is 2.53 bits per heavy atom. The van der Waals surface area contributed by atoms with Crippen molar-refractivity contribution in [2.45, 2.75) is 34.1 Å². The molecule has 2 heterocycles. The topological polar surface area (TPSA) is 63.6 Å². The Hall–Kier alpha value is -1.91. The van der Waals surface area contributed by atoms with Gasteiger partial charge in [-0.3, -0.25) is 9.89 Å². The maximum atomic E-state index is 12.0. The largest absolute Gasteiger partial charge is 0.293 e. The van der Waals surface area contributed by atoms with Crippen molar-refractivity contribution in [3.8, 4) is 5.82 Å². The van der Waals surface area contributed by atoms with Crippen LogP contribution in [0, 0.1) is 20.8 Å². The first kappa shape index (κ1) is 11.6. The molecular formula is C12H16N4O. The van der Waals surface area contributed by atoms with Crippen LogP contribution in [0.15, 0.2) is 10.9 Å². The smallest absolute Gasteiger partial charge is 0.275 e. The molecule has 0 aromatic carbocycles. The van der Waals surface area contributed by atoms with Gasteiger partial charge in [0.25, 0.3) is 5.56 Å². The maximum absolute atomic E-state index is 12.0. The zero-order chi connectivity index (χ0) is 12.6. The molecule has 0 amide bonds. The number of nitrogens with one attached hydrogen (secondary N) is 1. The van der Waals surface area contributed by atoms with Crippen molar-refractivity contribution in [2.24, 2.45) is 0 Å². The van der Waals surface area contributed by atoms with Crippen LogP contribution in [-0.2, 0) is 6.42 Å². The Morgan fingerprint density at radius 1 is 1.29 bits per heavy atom. The first-order chi connectivity index (χ1) is 8.02. The molecule has 0 atom stereocenters. The van der Waals surface area contributed by atoms with Crippen LogP contribution in [0.2, 0.25) is 0 Å². The average Bonchev–Trinajstić information content (AvgIpc) is 2.54. The molecule has 1 N–H and O–H groups in total. The van der Waals surface area contributed by atoms with Gasteiger partial charge in [-0.25, -0.2) is 14.6 Å². The van der Waals surface area contributed by atoms with Crippen molar-refractivity contribution < 1.29 is 0 Å². The number of nitrogens with zero attached hydrogens (tertiary/aromatic N) is 3. The molecule has 2 aromatic heterocycles. The zero-order valence-electron chi connectivity index (χ0n) is 10.5. The van der Waals surface area contributed by atoms with Gasteiger partial charge in [0.15, 0.2) is 5.82 Å². The maximum Gasteiger partial charge on any atom is 0.275 e. The Morgan fingerprint density at radius 2 is 2.00 bits per heavy atom. The van der Waals surface area contributed by atoms with Gasteiger partial charge in [-0.15, -0.1) is 0 Å². The average molecular weight is 232 g/mol. The number of rotatable bonds is 2. The second-order valence-corrected chi connectivity index (χ2v) is 4.12. The minimum absolute atomic E-state index is 0.0423. The monoisotopic (exact) mass is 232 g/mol. The molecule has 17 heavy (non-hydrogen) atoms. The Balaban J connectivity index is 2.64. The van der Waals surface area contributed by atoms with E-state index in [4.69, 9.17) is 0 Å². The highest BCUT2D eigenvalue weighted by Gasteiger charge is 2.11. The van der Waals surface area contributed by atoms with Gasteiger partial charge in [0.2, 0.25) is 0 Å². The molecule has 2 rings (SSSR count). The number of H-pyrrole nitrogens is 1. The molecule has 0 unspecified atom stereocenters. The van der Waals surface area contributed by atoms with Crippen LogP contribution in [0.3, 0.4) is 0 Å². The van der Waals surface area contributed by atoms with Crippen molar-refractivity contribution >= 4 is 0 Å². The summed E-state index contributed by atoms with van der Waals surface area (Å²) in [5.74, 6) is 1.26. The second-order valence-electron chi connectivity index (χ2n) is 4.12. The summed E-state index contributed by atoms with van der Waals surface area (Å²) in [7, 11) is 0. The van der Waals surface area contributed by atoms with Gasteiger partial charge in [0, 0.05) is 23.0 Å². The summed E-state index contributed by atoms with van der Waals surface area (Å²) < 4.78 is 1.48. The van der Waals surface area contributed by atoms with Crippen molar-refractivity contribution in [3.63, 3.8) is 0 Å². The molecule has 0 radical (unpaired) electrons. The van der Waals surface area contributed by atoms with Crippen LogP contribution >= 0.6 is 0 Å². The van der Waals surface area contributed by atoms with E-state index in [0.29, 0.717) is 11.6 Å². The van der Waals surface area contributed by atoms with Crippen LogP contribution in [0.4, 0.5) is 0 Å². The summed E-state index contributed by atoms with van der Waals surface area (Å²) in [4.78, 5) is 20.5. The van der Waals surface area contributed by atoms with Crippen LogP contribution in [-0.4, -0.2) is 19.7 Å². The fraction of sp³-hybridized carbons (Fsp3) is 0.417. The third kappa shape index (κ3) is 2.00. The summed E-state index contributed by atoms with van der Waals surface area (Å²) in [6, 6.07) is 1.80. The van der Waals surface area contributed by atoms with Crippen molar-refractivity contribution in [1.82, 2.24) is 19.7 Å². The molecule has 0 saturated carbocycles. The minimum atomic E-state index is -0.0423. The Bertz CT molecular complexity index is 589. The van der Waals surface area contributed by atoms with E-state index in [1.807, 2.05) is 27.7 Å². The fourth-order valence-corrected chi connectivity index (χ4v) is 1.88. The molecule has 0 spiro atoms. The molecule has 0 fully saturated rings. The van der Waals surface area contributed by atoms with E-state index in [2.05, 4.69) is 15.1 Å². The van der Waals surface area contributed by atoms with E-state index in [0.717, 1.165) is 23.4 Å². The fourth-order valence-electron chi connectivity index (χ4n) is 1.88. The van der Waals surface area contributed by atoms with E-state index >= 15 is 0 Å². The van der Waals surface area contributed by atoms with Gasteiger partial charge in [-0.1, -0.05) is 6.92 Å². The minimum Gasteiger partial charge on any atom is -0.293 e. The Labute approximate surface area is 99.5 Å². The third-order valence-electron chi connectivity index (χ3n) is 2.76. The lowest BCUT2D eigenvalue weighted by atomic mass is 10.2. The standard InChI is InChI=1S/C12H16N4O/c1-5-10-8(3)12(17)16(15-10)11-6-7(2)13-9(4)14-11/h6,15H,5H2,1-4H3. The predicted octanol–water partition coefficient (Wildman–Crippen LogP) is 1.44. The summed E-state index contributed by atoms with van der Waals surface area (Å²) >= 11 is 0. The zero-order valence-corrected chi connectivity index (χ0v) is 10.5. The molecule has 5 nitrogen and oxygen atoms in total. The molecular weight excluding hydrogens is 216 g/mol. The summed E-state index contributed by atoms with van der Waals surface area (Å²) in [6.07, 6.45) is 0.803. The normalized spacial score (nSPS) is 10.8. The summed E-state index contributed by atoms with van der Waals surface area (Å²) in [5.41, 5.74) is 2.51. The van der Waals surface area contributed by atoms with Crippen molar-refractivity contribution in [2.75, 3.05) is 0 Å². The highest BCUT2D eigenvalue weighted by atomic mass is 16.1. The van der Waals surface area contributed by atoms with Gasteiger partial charge in [-0.2, -0.15) is 0 Å². The summed E-state index contributed by atoms with van der Waals surface area (Å²) in [6.45, 7) is 7.55. The van der Waals surface area contributed by atoms with E-state index < -0.39 is 0 Å². The lowest BCUT2D eigenvalue weighted by Crippen LogP contribution is -2.17. The van der Waals surface area contributed by atoms with Gasteiger partial charge in [0.05, 0.1) is 0 Å². The molecule has 0 bridgehead atoms. The number of hydrogen-bond acceptors (Lipinski definition) is 3. The quantitative estimate of drug-likeness (QED) is 0.852. The van der Waals surface area contributed by atoms with E-state index in [-0.39, 0.29) is 5.56 Å². The van der Waals surface area contributed by atoms with Gasteiger partial charge < -0.3 is 0 Å². The lowest BCUT2D eigenvalue weighted by Gasteiger charge is -2.03. The summed E-state index contributed by atoms with van der Waals surface area (Å²) in [5, 5.41) is 3.08. The molecule has 90 valence electrons. The number of aromatic nitrogens is 4. The predicted molar refractivity (Wildman–Crippen MR) is 65.6 cm³/mol. The van der Waals surface area contributed by atoms with Crippen molar-refractivity contribution in [3.05, 3.63) is 39.2 Å². The molecule has 0 saturated heterocycles. The second kappa shape index (κ2) is 4.16. The molecule has 2 aromatic rings. The number of hydrogen-bond donors (Lipinski definition) is 1. The van der Waals surface area contributed by atoms with Gasteiger partial charge >= 0.3 is 0 Å². The lowest BCUT2D eigenvalue weighted by molar-refractivity contribution is 0.779. The van der Waals surface area contributed by atoms with Crippen LogP contribution in [0.5, 0.6) is 0 Å². The first-order valence-corrected chi connectivity index (χ1v) is 5.66. The number of aryl methyl sites for hydroxylation is 3. The van der Waals surface area contributed by atoms with Crippen molar-refractivity contribution in [1.29, 1.82) is 0 Å². The van der Waals surface area contributed by atoms with E-state index in [9.17, 15) is 4.79 Å². The first-order valence-electron chi connectivity index (χ1n) is 5.66. The van der Waals surface area contributed by atoms with Crippen LogP contribution < -0.4 is 5.56 Å². The third-order valence-corrected chi connectivity index (χ3v) is 2.76. The molecule has 0 aliphatic rings. The Kier molecular flexibility index (Phi) is 2.83. The van der Waals surface area contributed by atoms with Crippen LogP contribution in [0.1, 0.15) is 29.7 Å². The molecule has 0 aliphatic carbocycles. The van der Waals surface area contributed by atoms with Gasteiger partial charge in [-0.05, 0) is 27.2 Å². The molecule has 0 aliphatic heterocycles. The highest BCUT2D eigenvalue weighted by molar-refractivity contribution is 5.27. The SMILES string of the molecule is CCc1[nH]n(-c2cc(C)nc(C)n2)c(=O)c1C.